The number of nitrogens with one attached hydrogen (secondary N) is 2. The van der Waals surface area contributed by atoms with Gasteiger partial charge in [0.15, 0.2) is 0 Å². The number of likely N-dealkylation sites (N-methyl/N-ethyl adjacent to an activating group) is 1. The molecule has 1 heterocycles. The maximum absolute atomic E-state index is 4.36. The topological polar surface area (TPSA) is 24.1 Å². The first-order valence-corrected chi connectivity index (χ1v) is 10.9. The first-order chi connectivity index (χ1) is 13.1. The summed E-state index contributed by atoms with van der Waals surface area (Å²) in [6, 6.07) is 11.7. The number of hydrogen-bond donors (Lipinski definition) is 2. The lowest BCUT2D eigenvalue weighted by Crippen LogP contribution is -2.36. The zero-order valence-electron chi connectivity index (χ0n) is 17.9. The molecule has 2 heteroatoms. The molecule has 1 aliphatic rings. The summed E-state index contributed by atoms with van der Waals surface area (Å²) in [5, 5.41) is 7.18. The minimum atomic E-state index is 0.286. The summed E-state index contributed by atoms with van der Waals surface area (Å²) < 4.78 is 0. The van der Waals surface area contributed by atoms with Gasteiger partial charge in [0.1, 0.15) is 0 Å². The average Bonchev–Trinajstić information content (AvgIpc) is 3.23. The van der Waals surface area contributed by atoms with Gasteiger partial charge >= 0.3 is 0 Å². The van der Waals surface area contributed by atoms with Crippen molar-refractivity contribution in [2.75, 3.05) is 13.6 Å². The molecule has 5 atom stereocenters. The van der Waals surface area contributed by atoms with Gasteiger partial charge in [-0.3, -0.25) is 0 Å². The fourth-order valence-corrected chi connectivity index (χ4v) is 4.83. The van der Waals surface area contributed by atoms with Crippen LogP contribution in [0, 0.1) is 17.8 Å². The van der Waals surface area contributed by atoms with Gasteiger partial charge in [0.05, 0.1) is 0 Å². The van der Waals surface area contributed by atoms with Crippen molar-refractivity contribution in [3.8, 4) is 0 Å². The van der Waals surface area contributed by atoms with Gasteiger partial charge in [0.2, 0.25) is 0 Å². The molecule has 2 rings (SSSR count). The highest BCUT2D eigenvalue weighted by molar-refractivity contribution is 5.26. The summed E-state index contributed by atoms with van der Waals surface area (Å²) in [4.78, 5) is 0. The molecule has 0 aromatic heterocycles. The molecule has 0 saturated carbocycles. The molecule has 27 heavy (non-hydrogen) atoms. The molecule has 1 aromatic rings. The van der Waals surface area contributed by atoms with Gasteiger partial charge < -0.3 is 10.6 Å². The van der Waals surface area contributed by atoms with Gasteiger partial charge in [-0.1, -0.05) is 82.7 Å². The number of hydrogen-bond acceptors (Lipinski definition) is 2. The van der Waals surface area contributed by atoms with Crippen LogP contribution in [0.1, 0.15) is 52.0 Å². The molecule has 2 nitrogen and oxygen atoms in total. The second-order valence-electron chi connectivity index (χ2n) is 8.17. The van der Waals surface area contributed by atoms with Crippen molar-refractivity contribution in [1.29, 1.82) is 0 Å². The van der Waals surface area contributed by atoms with Crippen molar-refractivity contribution in [1.82, 2.24) is 10.6 Å². The first-order valence-electron chi connectivity index (χ1n) is 10.9. The van der Waals surface area contributed by atoms with E-state index in [0.717, 1.165) is 18.3 Å². The number of allylic oxidation sites excluding steroid dienone is 1. The molecule has 0 aliphatic carbocycles. The van der Waals surface area contributed by atoms with Crippen molar-refractivity contribution in [3.63, 3.8) is 0 Å². The highest BCUT2D eigenvalue weighted by atomic mass is 14.9. The fraction of sp³-hybridized carbons (Fsp3) is 0.600. The van der Waals surface area contributed by atoms with E-state index in [0.29, 0.717) is 12.0 Å². The van der Waals surface area contributed by atoms with Gasteiger partial charge in [0.25, 0.3) is 0 Å². The zero-order valence-corrected chi connectivity index (χ0v) is 17.9. The third-order valence-corrected chi connectivity index (χ3v) is 6.48. The largest absolute Gasteiger partial charge is 0.314 e. The summed E-state index contributed by atoms with van der Waals surface area (Å²) in [6.07, 6.45) is 10.8. The van der Waals surface area contributed by atoms with Crippen LogP contribution in [0.4, 0.5) is 0 Å². The second-order valence-corrected chi connectivity index (χ2v) is 8.17. The standard InChI is InChI=1S/C25H40N2/c1-6-22(23(7-2)24-14-11-17-27-24)19(3)15-16-20(4)25(26-5)18-21-12-9-8-10-13-21/h8-10,12-13,15-16,19,22-27H,4,6-7,11,14,17-18H2,1-3,5H3/b16-15+. The lowest BCUT2D eigenvalue weighted by molar-refractivity contribution is 0.207. The van der Waals surface area contributed by atoms with Crippen molar-refractivity contribution in [2.24, 2.45) is 17.8 Å². The van der Waals surface area contributed by atoms with Crippen molar-refractivity contribution in [2.45, 2.75) is 65.0 Å². The maximum atomic E-state index is 4.36. The fourth-order valence-electron chi connectivity index (χ4n) is 4.83. The molecule has 1 aliphatic heterocycles. The van der Waals surface area contributed by atoms with E-state index < -0.39 is 0 Å². The van der Waals surface area contributed by atoms with E-state index in [1.807, 2.05) is 7.05 Å². The summed E-state index contributed by atoms with van der Waals surface area (Å²) in [5.74, 6) is 2.08. The van der Waals surface area contributed by atoms with Crippen LogP contribution in [0.3, 0.4) is 0 Å². The van der Waals surface area contributed by atoms with Crippen LogP contribution in [-0.4, -0.2) is 25.7 Å². The van der Waals surface area contributed by atoms with E-state index in [1.54, 1.807) is 0 Å². The van der Waals surface area contributed by atoms with Crippen LogP contribution in [0.15, 0.2) is 54.6 Å². The summed E-state index contributed by atoms with van der Waals surface area (Å²) >= 11 is 0. The number of rotatable bonds is 11. The van der Waals surface area contributed by atoms with Crippen molar-refractivity contribution in [3.05, 3.63) is 60.2 Å². The lowest BCUT2D eigenvalue weighted by Gasteiger charge is -2.33. The van der Waals surface area contributed by atoms with E-state index in [2.05, 4.69) is 80.5 Å². The molecule has 0 spiro atoms. The summed E-state index contributed by atoms with van der Waals surface area (Å²) in [5.41, 5.74) is 2.53. The molecule has 0 radical (unpaired) electrons. The minimum absolute atomic E-state index is 0.286. The van der Waals surface area contributed by atoms with Gasteiger partial charge in [-0.2, -0.15) is 0 Å². The first kappa shape index (κ1) is 21.9. The Morgan fingerprint density at radius 3 is 2.56 bits per heavy atom. The molecule has 5 unspecified atom stereocenters. The molecular formula is C25H40N2. The third-order valence-electron chi connectivity index (χ3n) is 6.48. The summed E-state index contributed by atoms with van der Waals surface area (Å²) in [6.45, 7) is 12.7. The minimum Gasteiger partial charge on any atom is -0.314 e. The Labute approximate surface area is 167 Å². The highest BCUT2D eigenvalue weighted by Crippen LogP contribution is 2.33. The van der Waals surface area contributed by atoms with Crippen molar-refractivity contribution < 1.29 is 0 Å². The smallest absolute Gasteiger partial charge is 0.0352 e. The molecule has 150 valence electrons. The van der Waals surface area contributed by atoms with Crippen LogP contribution in [-0.2, 0) is 6.42 Å². The SMILES string of the molecule is C=C(/C=C/C(C)C(CC)C(CC)C1CCCN1)C(Cc1ccccc1)NC. The average molecular weight is 369 g/mol. The van der Waals surface area contributed by atoms with Gasteiger partial charge in [0, 0.05) is 12.1 Å². The maximum Gasteiger partial charge on any atom is 0.0352 e. The predicted molar refractivity (Wildman–Crippen MR) is 119 cm³/mol. The molecular weight excluding hydrogens is 328 g/mol. The Bertz CT molecular complexity index is 571. The summed E-state index contributed by atoms with van der Waals surface area (Å²) in [7, 11) is 2.03. The lowest BCUT2D eigenvalue weighted by atomic mass is 9.75. The van der Waals surface area contributed by atoms with E-state index >= 15 is 0 Å². The predicted octanol–water partition coefficient (Wildman–Crippen LogP) is 5.37. The van der Waals surface area contributed by atoms with Crippen molar-refractivity contribution >= 4 is 0 Å². The normalized spacial score (nSPS) is 21.9. The van der Waals surface area contributed by atoms with Crippen LogP contribution in [0.5, 0.6) is 0 Å². The van der Waals surface area contributed by atoms with Gasteiger partial charge in [-0.15, -0.1) is 0 Å². The van der Waals surface area contributed by atoms with E-state index in [9.17, 15) is 0 Å². The molecule has 0 amide bonds. The van der Waals surface area contributed by atoms with E-state index in [4.69, 9.17) is 0 Å². The van der Waals surface area contributed by atoms with Crippen LogP contribution in [0.2, 0.25) is 0 Å². The number of benzene rings is 1. The zero-order chi connectivity index (χ0) is 19.6. The Kier molecular flexibility index (Phi) is 9.30. The van der Waals surface area contributed by atoms with Crippen LogP contribution < -0.4 is 10.6 Å². The Morgan fingerprint density at radius 1 is 1.26 bits per heavy atom. The Hall–Kier alpha value is -1.38. The molecule has 1 saturated heterocycles. The molecule has 0 bridgehead atoms. The Balaban J connectivity index is 1.98. The monoisotopic (exact) mass is 368 g/mol. The molecule has 1 aromatic carbocycles. The van der Waals surface area contributed by atoms with Gasteiger partial charge in [-0.05, 0) is 61.7 Å². The molecule has 2 N–H and O–H groups in total. The van der Waals surface area contributed by atoms with Crippen LogP contribution in [0.25, 0.3) is 0 Å². The quantitative estimate of drug-likeness (QED) is 0.513. The second kappa shape index (κ2) is 11.5. The van der Waals surface area contributed by atoms with E-state index in [1.165, 1.54) is 43.4 Å². The molecule has 1 fully saturated rings. The third kappa shape index (κ3) is 6.33. The van der Waals surface area contributed by atoms with Crippen LogP contribution >= 0.6 is 0 Å². The van der Waals surface area contributed by atoms with Gasteiger partial charge in [-0.25, -0.2) is 0 Å². The Morgan fingerprint density at radius 2 is 2.00 bits per heavy atom. The highest BCUT2D eigenvalue weighted by Gasteiger charge is 2.31. The van der Waals surface area contributed by atoms with E-state index in [-0.39, 0.29) is 6.04 Å².